The number of carbonyl (C=O) groups is 3. The van der Waals surface area contributed by atoms with Crippen LogP contribution in [0.3, 0.4) is 0 Å². The smallest absolute Gasteiger partial charge is 0.364 e. The Bertz CT molecular complexity index is 1700. The van der Waals surface area contributed by atoms with Crippen LogP contribution in [0.1, 0.15) is 194 Å². The molecule has 18 unspecified atom stereocenters. The first-order chi connectivity index (χ1) is 38.4. The number of hydrogen-bond donors (Lipinski definition) is 14. The molecule has 0 spiro atoms. The fourth-order valence-electron chi connectivity index (χ4n) is 10.6. The normalized spacial score (nSPS) is 30.7. The average molecular weight is 1150 g/mol. The van der Waals surface area contributed by atoms with Crippen molar-refractivity contribution in [3.8, 4) is 0 Å². The lowest BCUT2D eigenvalue weighted by Crippen LogP contribution is -2.70. The van der Waals surface area contributed by atoms with Gasteiger partial charge < -0.3 is 100 Å². The maximum atomic E-state index is 13.3. The number of nitrogens with one attached hydrogen (secondary N) is 2. The van der Waals surface area contributed by atoms with Crippen LogP contribution in [0, 0.1) is 0 Å². The number of ether oxygens (including phenoxy) is 6. The second-order valence-electron chi connectivity index (χ2n) is 22.2. The van der Waals surface area contributed by atoms with E-state index in [4.69, 9.17) is 28.4 Å². The van der Waals surface area contributed by atoms with Crippen LogP contribution < -0.4 is 10.6 Å². The molecule has 0 aromatic rings. The first kappa shape index (κ1) is 71.7. The first-order valence-corrected chi connectivity index (χ1v) is 30.1. The van der Waals surface area contributed by atoms with Crippen molar-refractivity contribution in [3.63, 3.8) is 0 Å². The maximum absolute atomic E-state index is 13.3. The second-order valence-corrected chi connectivity index (χ2v) is 22.2. The van der Waals surface area contributed by atoms with Crippen molar-refractivity contribution in [2.75, 3.05) is 26.4 Å². The van der Waals surface area contributed by atoms with Crippen LogP contribution in [-0.2, 0) is 42.8 Å². The van der Waals surface area contributed by atoms with Crippen molar-refractivity contribution in [2.45, 2.75) is 304 Å². The number of carboxylic acids is 1. The largest absolute Gasteiger partial charge is 0.477 e. The van der Waals surface area contributed by atoms with E-state index in [1.807, 2.05) is 6.08 Å². The van der Waals surface area contributed by atoms with Crippen molar-refractivity contribution in [3.05, 3.63) is 12.2 Å². The molecule has 0 aromatic carbocycles. The lowest BCUT2D eigenvalue weighted by molar-refractivity contribution is -0.386. The van der Waals surface area contributed by atoms with E-state index in [1.165, 1.54) is 103 Å². The van der Waals surface area contributed by atoms with Gasteiger partial charge in [0.05, 0.1) is 50.7 Å². The Kier molecular flexibility index (Phi) is 35.8. The fraction of sp³-hybridized carbons (Fsp3) is 0.912. The van der Waals surface area contributed by atoms with Gasteiger partial charge in [-0.05, 0) is 19.3 Å². The van der Waals surface area contributed by atoms with Crippen LogP contribution >= 0.6 is 0 Å². The number of carbonyl (C=O) groups excluding carboxylic acids is 2. The molecule has 3 fully saturated rings. The van der Waals surface area contributed by atoms with Crippen LogP contribution in [0.25, 0.3) is 0 Å². The zero-order valence-electron chi connectivity index (χ0n) is 47.9. The van der Waals surface area contributed by atoms with Crippen molar-refractivity contribution >= 4 is 17.8 Å². The molecule has 3 heterocycles. The van der Waals surface area contributed by atoms with E-state index in [9.17, 15) is 75.7 Å². The third kappa shape index (κ3) is 24.2. The van der Waals surface area contributed by atoms with E-state index in [-0.39, 0.29) is 12.3 Å². The molecule has 0 radical (unpaired) electrons. The lowest BCUT2D eigenvalue weighted by atomic mass is 9.88. The van der Waals surface area contributed by atoms with E-state index < -0.39 is 155 Å². The number of unbranched alkanes of at least 4 members (excludes halogenated alkanes) is 23. The number of aliphatic carboxylic acids is 1. The van der Waals surface area contributed by atoms with Crippen molar-refractivity contribution in [1.29, 1.82) is 0 Å². The van der Waals surface area contributed by atoms with Crippen LogP contribution in [0.2, 0.25) is 0 Å². The van der Waals surface area contributed by atoms with Gasteiger partial charge in [0.15, 0.2) is 12.6 Å². The number of rotatable bonds is 43. The fourth-order valence-corrected chi connectivity index (χ4v) is 10.6. The summed E-state index contributed by atoms with van der Waals surface area (Å²) in [5, 5.41) is 135. The van der Waals surface area contributed by atoms with Crippen LogP contribution in [0.4, 0.5) is 0 Å². The molecule has 23 nitrogen and oxygen atoms in total. The quantitative estimate of drug-likeness (QED) is 0.0308. The zero-order valence-corrected chi connectivity index (χ0v) is 47.9. The average Bonchev–Trinajstić information content (AvgIpc) is 3.47. The minimum absolute atomic E-state index is 0.204. The van der Waals surface area contributed by atoms with Gasteiger partial charge in [-0.3, -0.25) is 9.59 Å². The molecule has 0 aliphatic carbocycles. The SMILES string of the molecule is CCCCCCCCCCCCCC=CC(O)C(COC1OC(CO)C(OC2OC(CO)C(O)C(OC3(C(=O)O)CC(O)C(NC(C)=O)C(C(O)C(O)CO)O3)C2O)C(O)C1O)NC(=O)CCCCCCCCCCCCCCC. The molecule has 3 saturated heterocycles. The van der Waals surface area contributed by atoms with E-state index >= 15 is 0 Å². The molecule has 2 amide bonds. The number of aliphatic hydroxyl groups is 11. The molecule has 3 rings (SSSR count). The van der Waals surface area contributed by atoms with Crippen molar-refractivity contribution < 1.29 is 104 Å². The summed E-state index contributed by atoms with van der Waals surface area (Å²) < 4.78 is 34.6. The molecule has 468 valence electrons. The van der Waals surface area contributed by atoms with Gasteiger partial charge in [0.2, 0.25) is 11.8 Å². The summed E-state index contributed by atoms with van der Waals surface area (Å²) in [5.41, 5.74) is 0. The summed E-state index contributed by atoms with van der Waals surface area (Å²) in [6.45, 7) is 2.08. The maximum Gasteiger partial charge on any atom is 0.364 e. The topological polar surface area (TPSA) is 373 Å². The number of aliphatic hydroxyl groups excluding tert-OH is 11. The van der Waals surface area contributed by atoms with Crippen LogP contribution in [0.15, 0.2) is 12.2 Å². The van der Waals surface area contributed by atoms with Crippen molar-refractivity contribution in [2.24, 2.45) is 0 Å². The molecule has 0 aromatic heterocycles. The van der Waals surface area contributed by atoms with Crippen molar-refractivity contribution in [1.82, 2.24) is 10.6 Å². The predicted molar refractivity (Wildman–Crippen MR) is 292 cm³/mol. The summed E-state index contributed by atoms with van der Waals surface area (Å²) in [6, 6.07) is -2.61. The molecule has 80 heavy (non-hydrogen) atoms. The Morgan fingerprint density at radius 1 is 0.650 bits per heavy atom. The highest BCUT2D eigenvalue weighted by molar-refractivity contribution is 5.77. The highest BCUT2D eigenvalue weighted by atomic mass is 16.8. The monoisotopic (exact) mass is 1150 g/mol. The molecular formula is C57H104N2O21. The Hall–Kier alpha value is -2.53. The number of carboxylic acid groups (broad SMARTS) is 1. The van der Waals surface area contributed by atoms with Gasteiger partial charge in [-0.2, -0.15) is 0 Å². The van der Waals surface area contributed by atoms with Gasteiger partial charge in [-0.15, -0.1) is 0 Å². The Morgan fingerprint density at radius 2 is 1.16 bits per heavy atom. The lowest BCUT2D eigenvalue weighted by Gasteiger charge is -2.50. The molecule has 0 saturated carbocycles. The summed E-state index contributed by atoms with van der Waals surface area (Å²) in [6.07, 6.45) is 2.84. The van der Waals surface area contributed by atoms with Gasteiger partial charge in [0.1, 0.15) is 67.1 Å². The Balaban J connectivity index is 1.69. The van der Waals surface area contributed by atoms with E-state index in [1.54, 1.807) is 6.08 Å². The molecule has 3 aliphatic heterocycles. The summed E-state index contributed by atoms with van der Waals surface area (Å²) in [5.74, 6) is -6.14. The van der Waals surface area contributed by atoms with E-state index in [0.717, 1.165) is 51.9 Å². The van der Waals surface area contributed by atoms with Crippen LogP contribution in [-0.4, -0.2) is 215 Å². The second kappa shape index (κ2) is 39.9. The summed E-state index contributed by atoms with van der Waals surface area (Å²) in [7, 11) is 0. The molecule has 3 aliphatic rings. The van der Waals surface area contributed by atoms with Gasteiger partial charge in [-0.1, -0.05) is 167 Å². The number of amides is 2. The molecule has 0 bridgehead atoms. The van der Waals surface area contributed by atoms with E-state index in [0.29, 0.717) is 12.8 Å². The third-order valence-electron chi connectivity index (χ3n) is 15.5. The van der Waals surface area contributed by atoms with Gasteiger partial charge in [0.25, 0.3) is 5.79 Å². The van der Waals surface area contributed by atoms with Gasteiger partial charge >= 0.3 is 5.97 Å². The standard InChI is InChI=1S/C57H104N2O21/c1-4-6-8-10-12-14-16-18-20-22-24-26-28-30-39(64)38(59-44(67)31-29-27-25-23-21-19-17-15-13-11-9-7-5-2)36-75-54-49(71)48(70)51(43(35-62)77-54)78-55-50(72)53(47(69)42(34-61)76-55)80-57(56(73)74)32-40(65)45(58-37(3)63)52(79-57)46(68)41(66)33-60/h28,30,38-43,45-55,60-62,64-66,68-72H,4-27,29,31-36H2,1-3H3,(H,58,63)(H,59,67)(H,73,74). The summed E-state index contributed by atoms with van der Waals surface area (Å²) in [4.78, 5) is 38.3. The first-order valence-electron chi connectivity index (χ1n) is 30.1. The van der Waals surface area contributed by atoms with Crippen LogP contribution in [0.5, 0.6) is 0 Å². The molecule has 23 heteroatoms. The zero-order chi connectivity index (χ0) is 59.0. The minimum atomic E-state index is -3.08. The Morgan fingerprint density at radius 3 is 1.66 bits per heavy atom. The molecule has 18 atom stereocenters. The predicted octanol–water partition coefficient (Wildman–Crippen LogP) is 2.39. The molecule has 14 N–H and O–H groups in total. The number of allylic oxidation sites excluding steroid dienone is 1. The third-order valence-corrected chi connectivity index (χ3v) is 15.5. The van der Waals surface area contributed by atoms with Gasteiger partial charge in [-0.25, -0.2) is 4.79 Å². The highest BCUT2D eigenvalue weighted by Gasteiger charge is 2.60. The summed E-state index contributed by atoms with van der Waals surface area (Å²) >= 11 is 0. The number of hydrogen-bond acceptors (Lipinski definition) is 20. The minimum Gasteiger partial charge on any atom is -0.477 e. The highest BCUT2D eigenvalue weighted by Crippen LogP contribution is 2.38. The van der Waals surface area contributed by atoms with E-state index in [2.05, 4.69) is 24.5 Å². The molecular weight excluding hydrogens is 1050 g/mol. The Labute approximate surface area is 473 Å². The van der Waals surface area contributed by atoms with Gasteiger partial charge in [0, 0.05) is 19.8 Å².